The lowest BCUT2D eigenvalue weighted by Gasteiger charge is -2.12. The number of aliphatic carboxylic acids is 2. The number of carbonyl (C=O) groups excluding carboxylic acids is 1. The highest BCUT2D eigenvalue weighted by atomic mass is 16.5. The molecule has 0 aliphatic heterocycles. The van der Waals surface area contributed by atoms with Crippen molar-refractivity contribution in [3.8, 4) is 0 Å². The molecule has 4 N–H and O–H groups in total. The summed E-state index contributed by atoms with van der Waals surface area (Å²) in [6, 6.07) is -0.691. The molecule has 0 fully saturated rings. The first-order chi connectivity index (χ1) is 8.88. The lowest BCUT2D eigenvalue weighted by molar-refractivity contribution is -0.145. The van der Waals surface area contributed by atoms with Gasteiger partial charge in [0, 0.05) is 6.07 Å². The molecule has 0 aromatic carbocycles. The van der Waals surface area contributed by atoms with Crippen molar-refractivity contribution < 1.29 is 29.1 Å². The van der Waals surface area contributed by atoms with Crippen LogP contribution < -0.4 is 10.6 Å². The summed E-state index contributed by atoms with van der Waals surface area (Å²) in [6.07, 6.45) is -0.704. The monoisotopic (exact) mass is 271 g/mol. The second kappa shape index (κ2) is 6.38. The van der Waals surface area contributed by atoms with Crippen LogP contribution in [0.25, 0.3) is 0 Å². The number of nitrogens with one attached hydrogen (secondary N) is 2. The van der Waals surface area contributed by atoms with Gasteiger partial charge in [0.1, 0.15) is 6.04 Å². The van der Waals surface area contributed by atoms with Crippen LogP contribution in [0.4, 0.5) is 4.79 Å². The molecule has 0 aliphatic carbocycles. The molecule has 19 heavy (non-hydrogen) atoms. The smallest absolute Gasteiger partial charge is 0.326 e. The van der Waals surface area contributed by atoms with Crippen molar-refractivity contribution in [2.24, 2.45) is 0 Å². The Hall–Kier alpha value is -2.58. The minimum absolute atomic E-state index is 0.0199. The highest BCUT2D eigenvalue weighted by molar-refractivity contribution is 5.86. The largest absolute Gasteiger partial charge is 0.481 e. The molecule has 1 atom stereocenters. The van der Waals surface area contributed by atoms with Gasteiger partial charge < -0.3 is 25.4 Å². The van der Waals surface area contributed by atoms with E-state index in [1.54, 1.807) is 13.0 Å². The second-order valence-electron chi connectivity index (χ2n) is 3.75. The van der Waals surface area contributed by atoms with Gasteiger partial charge in [0.2, 0.25) is 0 Å². The molecule has 0 spiro atoms. The van der Waals surface area contributed by atoms with Gasteiger partial charge in [-0.2, -0.15) is 0 Å². The molecular formula is C10H13N3O6. The fourth-order valence-corrected chi connectivity index (χ4v) is 1.25. The summed E-state index contributed by atoms with van der Waals surface area (Å²) in [6.45, 7) is 1.73. The average molecular weight is 271 g/mol. The van der Waals surface area contributed by atoms with E-state index in [0.717, 1.165) is 0 Å². The molecular weight excluding hydrogens is 258 g/mol. The predicted molar refractivity (Wildman–Crippen MR) is 60.3 cm³/mol. The zero-order valence-corrected chi connectivity index (χ0v) is 10.0. The third-order valence-corrected chi connectivity index (χ3v) is 2.08. The molecule has 1 rings (SSSR count). The predicted octanol–water partition coefficient (Wildman–Crippen LogP) is -0.290. The van der Waals surface area contributed by atoms with E-state index in [9.17, 15) is 14.4 Å². The topological polar surface area (TPSA) is 142 Å². The van der Waals surface area contributed by atoms with Crippen LogP contribution in [0.3, 0.4) is 0 Å². The van der Waals surface area contributed by atoms with Crippen molar-refractivity contribution in [1.82, 2.24) is 15.8 Å². The number of carboxylic acids is 2. The number of carboxylic acid groups (broad SMARTS) is 2. The molecule has 9 nitrogen and oxygen atoms in total. The SMILES string of the molecule is Cc1cc(CNC(=O)NC(CC(=O)O)C(=O)O)on1. The summed E-state index contributed by atoms with van der Waals surface area (Å²) >= 11 is 0. The fourth-order valence-electron chi connectivity index (χ4n) is 1.25. The van der Waals surface area contributed by atoms with Gasteiger partial charge in [0.05, 0.1) is 18.7 Å². The van der Waals surface area contributed by atoms with E-state index in [1.807, 2.05) is 5.32 Å². The molecule has 0 saturated carbocycles. The van der Waals surface area contributed by atoms with E-state index < -0.39 is 30.4 Å². The van der Waals surface area contributed by atoms with Crippen LogP contribution in [0.2, 0.25) is 0 Å². The van der Waals surface area contributed by atoms with Crippen LogP contribution in [-0.2, 0) is 16.1 Å². The Morgan fingerprint density at radius 2 is 2.11 bits per heavy atom. The summed E-state index contributed by atoms with van der Waals surface area (Å²) in [7, 11) is 0. The van der Waals surface area contributed by atoms with E-state index in [0.29, 0.717) is 11.5 Å². The van der Waals surface area contributed by atoms with E-state index >= 15 is 0 Å². The van der Waals surface area contributed by atoms with Crippen molar-refractivity contribution in [2.75, 3.05) is 0 Å². The Morgan fingerprint density at radius 1 is 1.42 bits per heavy atom. The molecule has 104 valence electrons. The zero-order valence-electron chi connectivity index (χ0n) is 10.0. The van der Waals surface area contributed by atoms with E-state index in [-0.39, 0.29) is 6.54 Å². The van der Waals surface area contributed by atoms with Crippen molar-refractivity contribution in [2.45, 2.75) is 25.9 Å². The summed E-state index contributed by atoms with van der Waals surface area (Å²) < 4.78 is 4.83. The Labute approximate surface area is 107 Å². The van der Waals surface area contributed by atoms with Gasteiger partial charge >= 0.3 is 18.0 Å². The second-order valence-corrected chi connectivity index (χ2v) is 3.75. The van der Waals surface area contributed by atoms with Crippen LogP contribution in [0.1, 0.15) is 17.9 Å². The lowest BCUT2D eigenvalue weighted by Crippen LogP contribution is -2.46. The normalized spacial score (nSPS) is 11.6. The number of hydrogen-bond donors (Lipinski definition) is 4. The first kappa shape index (κ1) is 14.5. The number of aromatic nitrogens is 1. The third kappa shape index (κ3) is 5.06. The van der Waals surface area contributed by atoms with Gasteiger partial charge in [-0.15, -0.1) is 0 Å². The highest BCUT2D eigenvalue weighted by Crippen LogP contribution is 2.01. The van der Waals surface area contributed by atoms with Gasteiger partial charge in [-0.3, -0.25) is 4.79 Å². The van der Waals surface area contributed by atoms with Gasteiger partial charge in [-0.25, -0.2) is 9.59 Å². The fraction of sp³-hybridized carbons (Fsp3) is 0.400. The maximum absolute atomic E-state index is 11.4. The van der Waals surface area contributed by atoms with Gasteiger partial charge in [-0.05, 0) is 6.92 Å². The van der Waals surface area contributed by atoms with Crippen LogP contribution in [0, 0.1) is 6.92 Å². The standard InChI is InChI=1S/C10H13N3O6/c1-5-2-6(19-13-5)4-11-10(18)12-7(9(16)17)3-8(14)15/h2,7H,3-4H2,1H3,(H,14,15)(H,16,17)(H2,11,12,18). The quantitative estimate of drug-likeness (QED) is 0.556. The van der Waals surface area contributed by atoms with Crippen LogP contribution in [-0.4, -0.2) is 39.4 Å². The molecule has 1 unspecified atom stereocenters. The van der Waals surface area contributed by atoms with E-state index in [4.69, 9.17) is 14.7 Å². The number of rotatable bonds is 6. The molecule has 0 saturated heterocycles. The van der Waals surface area contributed by atoms with Gasteiger partial charge in [-0.1, -0.05) is 5.16 Å². The first-order valence-corrected chi connectivity index (χ1v) is 5.29. The Kier molecular flexibility index (Phi) is 4.86. The molecule has 1 aromatic heterocycles. The summed E-state index contributed by atoms with van der Waals surface area (Å²) in [5, 5.41) is 25.2. The Balaban J connectivity index is 2.44. The Morgan fingerprint density at radius 3 is 2.58 bits per heavy atom. The van der Waals surface area contributed by atoms with Crippen molar-refractivity contribution >= 4 is 18.0 Å². The summed E-state index contributed by atoms with van der Waals surface area (Å²) in [5.41, 5.74) is 0.645. The molecule has 2 amide bonds. The van der Waals surface area contributed by atoms with Crippen LogP contribution >= 0.6 is 0 Å². The number of aryl methyl sites for hydroxylation is 1. The number of hydrogen-bond acceptors (Lipinski definition) is 5. The van der Waals surface area contributed by atoms with Crippen molar-refractivity contribution in [1.29, 1.82) is 0 Å². The van der Waals surface area contributed by atoms with Crippen molar-refractivity contribution in [3.63, 3.8) is 0 Å². The lowest BCUT2D eigenvalue weighted by atomic mass is 10.2. The molecule has 0 radical (unpaired) electrons. The molecule has 9 heteroatoms. The zero-order chi connectivity index (χ0) is 14.4. The summed E-state index contributed by atoms with van der Waals surface area (Å²) in [5.74, 6) is -2.34. The minimum Gasteiger partial charge on any atom is -0.481 e. The minimum atomic E-state index is -1.49. The van der Waals surface area contributed by atoms with Gasteiger partial charge in [0.15, 0.2) is 5.76 Å². The first-order valence-electron chi connectivity index (χ1n) is 5.29. The number of carbonyl (C=O) groups is 3. The maximum atomic E-state index is 11.4. The molecule has 0 aliphatic rings. The van der Waals surface area contributed by atoms with Crippen molar-refractivity contribution in [3.05, 3.63) is 17.5 Å². The third-order valence-electron chi connectivity index (χ3n) is 2.08. The average Bonchev–Trinajstić information content (AvgIpc) is 2.71. The summed E-state index contributed by atoms with van der Waals surface area (Å²) in [4.78, 5) is 32.5. The van der Waals surface area contributed by atoms with Gasteiger partial charge in [0.25, 0.3) is 0 Å². The molecule has 1 aromatic rings. The maximum Gasteiger partial charge on any atom is 0.326 e. The number of urea groups is 1. The number of nitrogens with zero attached hydrogens (tertiary/aromatic N) is 1. The van der Waals surface area contributed by atoms with E-state index in [1.165, 1.54) is 0 Å². The van der Waals surface area contributed by atoms with Crippen LogP contribution in [0.5, 0.6) is 0 Å². The number of amides is 2. The van der Waals surface area contributed by atoms with E-state index in [2.05, 4.69) is 10.5 Å². The highest BCUT2D eigenvalue weighted by Gasteiger charge is 2.22. The molecule has 1 heterocycles. The Bertz CT molecular complexity index is 483. The molecule has 0 bridgehead atoms. The van der Waals surface area contributed by atoms with Crippen LogP contribution in [0.15, 0.2) is 10.6 Å².